The third-order valence-electron chi connectivity index (χ3n) is 3.56. The van der Waals surface area contributed by atoms with Gasteiger partial charge in [-0.15, -0.1) is 0 Å². The van der Waals surface area contributed by atoms with Crippen molar-refractivity contribution >= 4 is 17.7 Å². The topological polar surface area (TPSA) is 51.5 Å². The van der Waals surface area contributed by atoms with Crippen LogP contribution in [0.5, 0.6) is 0 Å². The fraction of sp³-hybridized carbons (Fsp3) is 0.667. The number of nitrogens with one attached hydrogen (secondary N) is 1. The van der Waals surface area contributed by atoms with Crippen LogP contribution in [0.4, 0.5) is 0 Å². The molecule has 0 saturated heterocycles. The monoisotopic (exact) mass is 297 g/mol. The molecule has 1 fully saturated rings. The van der Waals surface area contributed by atoms with E-state index in [0.717, 1.165) is 36.7 Å². The van der Waals surface area contributed by atoms with Gasteiger partial charge in [-0.05, 0) is 44.4 Å². The van der Waals surface area contributed by atoms with Gasteiger partial charge in [0.25, 0.3) is 0 Å². The molecular weight excluding hydrogens is 274 g/mol. The fourth-order valence-corrected chi connectivity index (χ4v) is 3.71. The van der Waals surface area contributed by atoms with Crippen LogP contribution in [-0.4, -0.2) is 30.4 Å². The third kappa shape index (κ3) is 3.58. The molecule has 1 unspecified atom stereocenters. The molecule has 0 radical (unpaired) electrons. The largest absolute Gasteiger partial charge is 0.468 e. The van der Waals surface area contributed by atoms with Crippen molar-refractivity contribution in [2.24, 2.45) is 5.92 Å². The van der Waals surface area contributed by atoms with Crippen molar-refractivity contribution in [3.63, 3.8) is 0 Å². The van der Waals surface area contributed by atoms with Crippen molar-refractivity contribution < 1.29 is 13.9 Å². The first-order valence-electron chi connectivity index (χ1n) is 7.25. The molecular formula is C15H23NO3S. The fourth-order valence-electron chi connectivity index (χ4n) is 2.47. The van der Waals surface area contributed by atoms with Crippen LogP contribution in [0.2, 0.25) is 0 Å². The number of rotatable bonds is 9. The zero-order valence-electron chi connectivity index (χ0n) is 12.2. The highest BCUT2D eigenvalue weighted by Gasteiger charge is 2.51. The first-order valence-corrected chi connectivity index (χ1v) is 8.40. The van der Waals surface area contributed by atoms with Gasteiger partial charge in [0, 0.05) is 5.75 Å². The van der Waals surface area contributed by atoms with Crippen molar-refractivity contribution in [1.82, 2.24) is 5.32 Å². The lowest BCUT2D eigenvalue weighted by Gasteiger charge is -2.32. The van der Waals surface area contributed by atoms with Crippen LogP contribution in [0.3, 0.4) is 0 Å². The molecule has 4 nitrogen and oxygen atoms in total. The highest BCUT2D eigenvalue weighted by molar-refractivity contribution is 7.98. The van der Waals surface area contributed by atoms with Crippen LogP contribution in [0.1, 0.15) is 32.4 Å². The minimum absolute atomic E-state index is 0.101. The molecule has 0 aliphatic heterocycles. The Morgan fingerprint density at radius 2 is 2.35 bits per heavy atom. The van der Waals surface area contributed by atoms with E-state index in [1.807, 2.05) is 26.0 Å². The van der Waals surface area contributed by atoms with E-state index in [0.29, 0.717) is 12.5 Å². The molecule has 1 N–H and O–H groups in total. The summed E-state index contributed by atoms with van der Waals surface area (Å²) in [6, 6.07) is 3.85. The average Bonchev–Trinajstić information content (AvgIpc) is 3.16. The van der Waals surface area contributed by atoms with E-state index < -0.39 is 5.54 Å². The van der Waals surface area contributed by atoms with Gasteiger partial charge < -0.3 is 14.5 Å². The molecule has 0 spiro atoms. The molecule has 1 aliphatic rings. The Morgan fingerprint density at radius 1 is 1.55 bits per heavy atom. The predicted molar refractivity (Wildman–Crippen MR) is 80.6 cm³/mol. The summed E-state index contributed by atoms with van der Waals surface area (Å²) >= 11 is 1.72. The Kier molecular flexibility index (Phi) is 5.54. The Bertz CT molecular complexity index is 417. The van der Waals surface area contributed by atoms with Gasteiger partial charge in [-0.2, -0.15) is 11.8 Å². The maximum absolute atomic E-state index is 12.4. The molecule has 1 aliphatic carbocycles. The summed E-state index contributed by atoms with van der Waals surface area (Å²) in [5, 5.41) is 3.40. The van der Waals surface area contributed by atoms with Gasteiger partial charge in [0.1, 0.15) is 11.3 Å². The van der Waals surface area contributed by atoms with Gasteiger partial charge in [-0.3, -0.25) is 4.79 Å². The van der Waals surface area contributed by atoms with Crippen LogP contribution in [0.15, 0.2) is 22.8 Å². The van der Waals surface area contributed by atoms with Crippen molar-refractivity contribution in [1.29, 1.82) is 0 Å². The first kappa shape index (κ1) is 15.4. The third-order valence-corrected chi connectivity index (χ3v) is 4.71. The van der Waals surface area contributed by atoms with Gasteiger partial charge >= 0.3 is 5.97 Å². The second-order valence-electron chi connectivity index (χ2n) is 5.07. The average molecular weight is 297 g/mol. The van der Waals surface area contributed by atoms with Gasteiger partial charge in [0.15, 0.2) is 0 Å². The molecule has 1 saturated carbocycles. The molecule has 0 amide bonds. The van der Waals surface area contributed by atoms with Crippen LogP contribution >= 0.6 is 11.8 Å². The molecule has 0 aromatic carbocycles. The van der Waals surface area contributed by atoms with Crippen molar-refractivity contribution in [3.05, 3.63) is 24.2 Å². The molecule has 5 heteroatoms. The summed E-state index contributed by atoms with van der Waals surface area (Å²) in [6.45, 7) is 5.10. The second-order valence-corrected chi connectivity index (χ2v) is 6.05. The summed E-state index contributed by atoms with van der Waals surface area (Å²) < 4.78 is 10.6. The van der Waals surface area contributed by atoms with Crippen molar-refractivity contribution in [2.75, 3.05) is 18.9 Å². The molecule has 0 bridgehead atoms. The quantitative estimate of drug-likeness (QED) is 0.710. The number of esters is 1. The maximum Gasteiger partial charge on any atom is 0.327 e. The number of thioether (sulfide) groups is 1. The number of carbonyl (C=O) groups excluding carboxylic acids is 1. The van der Waals surface area contributed by atoms with Gasteiger partial charge in [0.2, 0.25) is 0 Å². The standard InChI is InChI=1S/C15H23NO3S/c1-3-16-15(12-7-8-12,14(17)18-4-2)11-20-10-13-6-5-9-19-13/h5-6,9,12,16H,3-4,7-8,10-11H2,1-2H3. The lowest BCUT2D eigenvalue weighted by atomic mass is 9.95. The maximum atomic E-state index is 12.4. The van der Waals surface area contributed by atoms with Crippen molar-refractivity contribution in [3.8, 4) is 0 Å². The highest BCUT2D eigenvalue weighted by atomic mass is 32.2. The number of hydrogen-bond donors (Lipinski definition) is 1. The minimum Gasteiger partial charge on any atom is -0.468 e. The molecule has 112 valence electrons. The number of furan rings is 1. The van der Waals surface area contributed by atoms with Crippen LogP contribution in [-0.2, 0) is 15.3 Å². The van der Waals surface area contributed by atoms with E-state index in [1.54, 1.807) is 18.0 Å². The smallest absolute Gasteiger partial charge is 0.327 e. The summed E-state index contributed by atoms with van der Waals surface area (Å²) in [7, 11) is 0. The van der Waals surface area contributed by atoms with Gasteiger partial charge in [-0.25, -0.2) is 0 Å². The van der Waals surface area contributed by atoms with Gasteiger partial charge in [0.05, 0.1) is 18.6 Å². The summed E-state index contributed by atoms with van der Waals surface area (Å²) in [5.41, 5.74) is -0.526. The predicted octanol–water partition coefficient (Wildman–Crippen LogP) is 2.83. The molecule has 1 atom stereocenters. The van der Waals surface area contributed by atoms with Crippen LogP contribution in [0, 0.1) is 5.92 Å². The minimum atomic E-state index is -0.526. The van der Waals surface area contributed by atoms with E-state index in [9.17, 15) is 4.79 Å². The van der Waals surface area contributed by atoms with E-state index in [2.05, 4.69) is 5.32 Å². The molecule has 1 aromatic rings. The van der Waals surface area contributed by atoms with E-state index in [-0.39, 0.29) is 5.97 Å². The van der Waals surface area contributed by atoms with E-state index in [1.165, 1.54) is 0 Å². The normalized spacial score (nSPS) is 17.7. The Morgan fingerprint density at radius 3 is 2.90 bits per heavy atom. The Balaban J connectivity index is 1.99. The highest BCUT2D eigenvalue weighted by Crippen LogP contribution is 2.42. The second kappa shape index (κ2) is 7.18. The summed E-state index contributed by atoms with van der Waals surface area (Å²) in [4.78, 5) is 12.4. The Labute approximate surface area is 124 Å². The molecule has 1 aromatic heterocycles. The Hall–Kier alpha value is -0.940. The lowest BCUT2D eigenvalue weighted by Crippen LogP contribution is -2.57. The number of ether oxygens (including phenoxy) is 1. The van der Waals surface area contributed by atoms with E-state index >= 15 is 0 Å². The van der Waals surface area contributed by atoms with Gasteiger partial charge in [-0.1, -0.05) is 6.92 Å². The SMILES string of the molecule is CCNC(CSCc1ccco1)(C(=O)OCC)C1CC1. The zero-order valence-corrected chi connectivity index (χ0v) is 13.0. The summed E-state index contributed by atoms with van der Waals surface area (Å²) in [6.07, 6.45) is 3.89. The van der Waals surface area contributed by atoms with E-state index in [4.69, 9.17) is 9.15 Å². The number of hydrogen-bond acceptors (Lipinski definition) is 5. The first-order chi connectivity index (χ1) is 9.73. The summed E-state index contributed by atoms with van der Waals surface area (Å²) in [5.74, 6) is 2.76. The zero-order chi connectivity index (χ0) is 14.4. The lowest BCUT2D eigenvalue weighted by molar-refractivity contribution is -0.151. The number of carbonyl (C=O) groups is 1. The number of likely N-dealkylation sites (N-methyl/N-ethyl adjacent to an activating group) is 1. The van der Waals surface area contributed by atoms with Crippen LogP contribution < -0.4 is 5.32 Å². The molecule has 1 heterocycles. The molecule has 2 rings (SSSR count). The van der Waals surface area contributed by atoms with Crippen molar-refractivity contribution in [2.45, 2.75) is 38.0 Å². The van der Waals surface area contributed by atoms with Crippen LogP contribution in [0.25, 0.3) is 0 Å². The molecule has 20 heavy (non-hydrogen) atoms.